The van der Waals surface area contributed by atoms with E-state index in [1.165, 1.54) is 0 Å². The predicted octanol–water partition coefficient (Wildman–Crippen LogP) is 1.12. The molecule has 2 aliphatic rings. The van der Waals surface area contributed by atoms with E-state index in [2.05, 4.69) is 5.32 Å². The summed E-state index contributed by atoms with van der Waals surface area (Å²) in [5, 5.41) is 3.89. The van der Waals surface area contributed by atoms with Gasteiger partial charge in [-0.15, -0.1) is 0 Å². The van der Waals surface area contributed by atoms with Crippen molar-refractivity contribution in [2.24, 2.45) is 5.92 Å². The minimum atomic E-state index is 0.0144. The molecule has 0 spiro atoms. The summed E-state index contributed by atoms with van der Waals surface area (Å²) in [4.78, 5) is 28.1. The van der Waals surface area contributed by atoms with E-state index in [0.29, 0.717) is 24.7 Å². The number of hydrogen-bond acceptors (Lipinski definition) is 3. The van der Waals surface area contributed by atoms with E-state index in [1.54, 1.807) is 9.80 Å². The number of carbonyl (C=O) groups is 2. The topological polar surface area (TPSA) is 52.7 Å². The molecule has 1 unspecified atom stereocenters. The van der Waals surface area contributed by atoms with Gasteiger partial charge in [0.05, 0.1) is 12.5 Å². The number of halogens is 1. The summed E-state index contributed by atoms with van der Waals surface area (Å²) in [6.45, 7) is 3.60. The van der Waals surface area contributed by atoms with Crippen molar-refractivity contribution in [2.75, 3.05) is 32.7 Å². The van der Waals surface area contributed by atoms with E-state index in [1.807, 2.05) is 24.3 Å². The Kier molecular flexibility index (Phi) is 4.64. The molecule has 3 rings (SSSR count). The summed E-state index contributed by atoms with van der Waals surface area (Å²) in [6.07, 6.45) is 0.873. The Bertz CT molecular complexity index is 555. The van der Waals surface area contributed by atoms with Crippen molar-refractivity contribution in [3.63, 3.8) is 0 Å². The van der Waals surface area contributed by atoms with Crippen LogP contribution < -0.4 is 5.32 Å². The average Bonchev–Trinajstić information content (AvgIpc) is 3.05. The summed E-state index contributed by atoms with van der Waals surface area (Å²) in [5.41, 5.74) is 1.05. The third-order valence-electron chi connectivity index (χ3n) is 4.33. The van der Waals surface area contributed by atoms with E-state index in [9.17, 15) is 9.59 Å². The maximum absolute atomic E-state index is 12.3. The highest BCUT2D eigenvalue weighted by molar-refractivity contribution is 6.30. The number of nitrogens with zero attached hydrogens (tertiary/aromatic N) is 2. The molecule has 2 heterocycles. The van der Waals surface area contributed by atoms with Crippen LogP contribution in [0.2, 0.25) is 5.02 Å². The van der Waals surface area contributed by atoms with Crippen LogP contribution in [0.3, 0.4) is 0 Å². The van der Waals surface area contributed by atoms with Crippen molar-refractivity contribution >= 4 is 23.4 Å². The van der Waals surface area contributed by atoms with E-state index >= 15 is 0 Å². The molecule has 5 nitrogen and oxygen atoms in total. The first-order chi connectivity index (χ1) is 10.6. The molecule has 1 atom stereocenters. The molecule has 6 heteroatoms. The number of hydrogen-bond donors (Lipinski definition) is 1. The lowest BCUT2D eigenvalue weighted by molar-refractivity contribution is -0.147. The monoisotopic (exact) mass is 321 g/mol. The number of piperazine rings is 1. The highest BCUT2D eigenvalue weighted by atomic mass is 35.5. The molecular formula is C16H20ClN3O2. The van der Waals surface area contributed by atoms with Gasteiger partial charge in [0, 0.05) is 31.2 Å². The summed E-state index contributed by atoms with van der Waals surface area (Å²) in [5.74, 6) is 0.167. The molecular weight excluding hydrogens is 302 g/mol. The zero-order valence-electron chi connectivity index (χ0n) is 12.4. The van der Waals surface area contributed by atoms with Crippen molar-refractivity contribution in [1.29, 1.82) is 0 Å². The van der Waals surface area contributed by atoms with Crippen LogP contribution in [-0.4, -0.2) is 54.3 Å². The SMILES string of the molecule is O=C1CN(C(=O)C2CCNC2)CCN1Cc1ccc(Cl)cc1. The Morgan fingerprint density at radius 2 is 2.05 bits per heavy atom. The van der Waals surface area contributed by atoms with Gasteiger partial charge in [0.25, 0.3) is 0 Å². The standard InChI is InChI=1S/C16H20ClN3O2/c17-14-3-1-12(2-4-14)10-19-7-8-20(11-15(19)21)16(22)13-5-6-18-9-13/h1-4,13,18H,5-11H2. The second-order valence-electron chi connectivity index (χ2n) is 5.89. The second kappa shape index (κ2) is 6.67. The van der Waals surface area contributed by atoms with Crippen LogP contribution in [-0.2, 0) is 16.1 Å². The van der Waals surface area contributed by atoms with E-state index in [4.69, 9.17) is 11.6 Å². The second-order valence-corrected chi connectivity index (χ2v) is 6.33. The minimum absolute atomic E-state index is 0.0144. The molecule has 1 aromatic carbocycles. The lowest BCUT2D eigenvalue weighted by atomic mass is 10.1. The quantitative estimate of drug-likeness (QED) is 0.907. The van der Waals surface area contributed by atoms with Crippen LogP contribution in [0.15, 0.2) is 24.3 Å². The van der Waals surface area contributed by atoms with Crippen LogP contribution in [0, 0.1) is 5.92 Å². The lowest BCUT2D eigenvalue weighted by Gasteiger charge is -2.35. The highest BCUT2D eigenvalue weighted by Gasteiger charge is 2.32. The highest BCUT2D eigenvalue weighted by Crippen LogP contribution is 2.16. The molecule has 1 aromatic rings. The number of benzene rings is 1. The van der Waals surface area contributed by atoms with Crippen LogP contribution in [0.1, 0.15) is 12.0 Å². The Balaban J connectivity index is 1.56. The summed E-state index contributed by atoms with van der Waals surface area (Å²) >= 11 is 5.87. The Labute approximate surface area is 135 Å². The molecule has 0 aromatic heterocycles. The summed E-state index contributed by atoms with van der Waals surface area (Å²) < 4.78 is 0. The van der Waals surface area contributed by atoms with E-state index < -0.39 is 0 Å². The molecule has 2 amide bonds. The van der Waals surface area contributed by atoms with Gasteiger partial charge in [0.15, 0.2) is 0 Å². The van der Waals surface area contributed by atoms with Gasteiger partial charge < -0.3 is 15.1 Å². The van der Waals surface area contributed by atoms with Crippen LogP contribution in [0.4, 0.5) is 0 Å². The van der Waals surface area contributed by atoms with Gasteiger partial charge in [0.2, 0.25) is 11.8 Å². The zero-order chi connectivity index (χ0) is 15.5. The zero-order valence-corrected chi connectivity index (χ0v) is 13.2. The van der Waals surface area contributed by atoms with Gasteiger partial charge in [-0.3, -0.25) is 9.59 Å². The van der Waals surface area contributed by atoms with Gasteiger partial charge in [-0.05, 0) is 30.7 Å². The minimum Gasteiger partial charge on any atom is -0.335 e. The van der Waals surface area contributed by atoms with E-state index in [-0.39, 0.29) is 24.3 Å². The Morgan fingerprint density at radius 1 is 1.27 bits per heavy atom. The van der Waals surface area contributed by atoms with Gasteiger partial charge in [0.1, 0.15) is 0 Å². The number of nitrogens with one attached hydrogen (secondary N) is 1. The molecule has 118 valence electrons. The fourth-order valence-electron chi connectivity index (χ4n) is 3.00. The summed E-state index contributed by atoms with van der Waals surface area (Å²) in [6, 6.07) is 7.51. The van der Waals surface area contributed by atoms with Crippen molar-refractivity contribution < 1.29 is 9.59 Å². The average molecular weight is 322 g/mol. The van der Waals surface area contributed by atoms with Gasteiger partial charge in [-0.1, -0.05) is 23.7 Å². The van der Waals surface area contributed by atoms with Gasteiger partial charge in [-0.25, -0.2) is 0 Å². The van der Waals surface area contributed by atoms with E-state index in [0.717, 1.165) is 25.1 Å². The number of carbonyl (C=O) groups excluding carboxylic acids is 2. The smallest absolute Gasteiger partial charge is 0.242 e. The molecule has 1 N–H and O–H groups in total. The summed E-state index contributed by atoms with van der Waals surface area (Å²) in [7, 11) is 0. The fourth-order valence-corrected chi connectivity index (χ4v) is 3.12. The van der Waals surface area contributed by atoms with Crippen LogP contribution in [0.5, 0.6) is 0 Å². The predicted molar refractivity (Wildman–Crippen MR) is 84.4 cm³/mol. The van der Waals surface area contributed by atoms with Crippen molar-refractivity contribution in [3.8, 4) is 0 Å². The first-order valence-electron chi connectivity index (χ1n) is 7.65. The van der Waals surface area contributed by atoms with Crippen LogP contribution >= 0.6 is 11.6 Å². The van der Waals surface area contributed by atoms with Gasteiger partial charge in [-0.2, -0.15) is 0 Å². The molecule has 2 saturated heterocycles. The molecule has 0 saturated carbocycles. The van der Waals surface area contributed by atoms with Crippen molar-refractivity contribution in [2.45, 2.75) is 13.0 Å². The Hall–Kier alpha value is -1.59. The first kappa shape index (κ1) is 15.3. The lowest BCUT2D eigenvalue weighted by Crippen LogP contribution is -2.53. The van der Waals surface area contributed by atoms with Crippen LogP contribution in [0.25, 0.3) is 0 Å². The number of amides is 2. The van der Waals surface area contributed by atoms with Gasteiger partial charge >= 0.3 is 0 Å². The molecule has 0 bridgehead atoms. The fraction of sp³-hybridized carbons (Fsp3) is 0.500. The molecule has 22 heavy (non-hydrogen) atoms. The van der Waals surface area contributed by atoms with Crippen molar-refractivity contribution in [3.05, 3.63) is 34.9 Å². The Morgan fingerprint density at radius 3 is 2.68 bits per heavy atom. The number of rotatable bonds is 3. The largest absolute Gasteiger partial charge is 0.335 e. The maximum Gasteiger partial charge on any atom is 0.242 e. The third kappa shape index (κ3) is 3.42. The normalized spacial score (nSPS) is 22.2. The molecule has 0 aliphatic carbocycles. The third-order valence-corrected chi connectivity index (χ3v) is 4.58. The van der Waals surface area contributed by atoms with Crippen molar-refractivity contribution in [1.82, 2.24) is 15.1 Å². The molecule has 2 fully saturated rings. The molecule has 0 radical (unpaired) electrons. The maximum atomic E-state index is 12.3. The molecule has 2 aliphatic heterocycles. The first-order valence-corrected chi connectivity index (χ1v) is 8.03.